The normalized spacial score (nSPS) is 20.9. The molecule has 2 heteroatoms. The smallest absolute Gasteiger partial charge is 0.127 e. The number of fused-ring (bicyclic) bond motifs is 1. The molecule has 0 saturated heterocycles. The first-order valence-corrected chi connectivity index (χ1v) is 5.43. The molecule has 0 fully saturated rings. The lowest BCUT2D eigenvalue weighted by Gasteiger charge is -2.29. The van der Waals surface area contributed by atoms with Crippen LogP contribution in [0.4, 0.5) is 5.82 Å². The topological polar surface area (TPSA) is 38.9 Å². The molecular formula is C12H18N2. The van der Waals surface area contributed by atoms with Gasteiger partial charge in [-0.3, -0.25) is 0 Å². The maximum atomic E-state index is 5.96. The fourth-order valence-electron chi connectivity index (χ4n) is 2.50. The summed E-state index contributed by atoms with van der Waals surface area (Å²) < 4.78 is 0. The van der Waals surface area contributed by atoms with E-state index in [9.17, 15) is 0 Å². The molecule has 2 N–H and O–H groups in total. The van der Waals surface area contributed by atoms with Gasteiger partial charge in [0, 0.05) is 11.8 Å². The molecule has 0 amide bonds. The SMILES string of the molecule is CC(C)C1CCCc2ccnc(N)c21. The summed E-state index contributed by atoms with van der Waals surface area (Å²) in [4.78, 5) is 4.20. The minimum atomic E-state index is 0.618. The number of pyridine rings is 1. The van der Waals surface area contributed by atoms with Crippen LogP contribution in [0.2, 0.25) is 0 Å². The summed E-state index contributed by atoms with van der Waals surface area (Å²) in [6, 6.07) is 2.13. The summed E-state index contributed by atoms with van der Waals surface area (Å²) in [6.07, 6.45) is 5.56. The van der Waals surface area contributed by atoms with E-state index >= 15 is 0 Å². The van der Waals surface area contributed by atoms with Gasteiger partial charge in [0.05, 0.1) is 0 Å². The van der Waals surface area contributed by atoms with E-state index in [1.165, 1.54) is 30.4 Å². The highest BCUT2D eigenvalue weighted by Gasteiger charge is 2.25. The van der Waals surface area contributed by atoms with Crippen molar-refractivity contribution in [2.45, 2.75) is 39.0 Å². The largest absolute Gasteiger partial charge is 0.383 e. The zero-order valence-corrected chi connectivity index (χ0v) is 8.96. The van der Waals surface area contributed by atoms with Crippen LogP contribution in [0.1, 0.15) is 43.7 Å². The third kappa shape index (κ3) is 1.49. The zero-order valence-electron chi connectivity index (χ0n) is 8.96. The lowest BCUT2D eigenvalue weighted by Crippen LogP contribution is -2.17. The van der Waals surface area contributed by atoms with E-state index < -0.39 is 0 Å². The van der Waals surface area contributed by atoms with E-state index in [2.05, 4.69) is 24.9 Å². The van der Waals surface area contributed by atoms with Crippen LogP contribution in [0.3, 0.4) is 0 Å². The molecular weight excluding hydrogens is 172 g/mol. The van der Waals surface area contributed by atoms with Crippen LogP contribution in [0.15, 0.2) is 12.3 Å². The van der Waals surface area contributed by atoms with Crippen LogP contribution in [-0.2, 0) is 6.42 Å². The fourth-order valence-corrected chi connectivity index (χ4v) is 2.50. The van der Waals surface area contributed by atoms with Gasteiger partial charge in [0.15, 0.2) is 0 Å². The predicted octanol–water partition coefficient (Wildman–Crippen LogP) is 2.74. The van der Waals surface area contributed by atoms with Crippen LogP contribution < -0.4 is 5.73 Å². The number of aromatic nitrogens is 1. The highest BCUT2D eigenvalue weighted by Crippen LogP contribution is 2.38. The van der Waals surface area contributed by atoms with Crippen LogP contribution in [0.25, 0.3) is 0 Å². The van der Waals surface area contributed by atoms with Crippen molar-refractivity contribution >= 4 is 5.82 Å². The Labute approximate surface area is 85.5 Å². The van der Waals surface area contributed by atoms with E-state index in [0.717, 1.165) is 5.82 Å². The second-order valence-corrected chi connectivity index (χ2v) is 4.51. The second kappa shape index (κ2) is 3.60. The molecule has 2 rings (SSSR count). The first-order valence-electron chi connectivity index (χ1n) is 5.43. The number of aryl methyl sites for hydroxylation is 1. The van der Waals surface area contributed by atoms with Crippen molar-refractivity contribution in [1.29, 1.82) is 0 Å². The van der Waals surface area contributed by atoms with Gasteiger partial charge >= 0.3 is 0 Å². The summed E-state index contributed by atoms with van der Waals surface area (Å²) in [5, 5.41) is 0. The zero-order chi connectivity index (χ0) is 10.1. The van der Waals surface area contributed by atoms with Gasteiger partial charge in [-0.15, -0.1) is 0 Å². The van der Waals surface area contributed by atoms with Gasteiger partial charge in [-0.2, -0.15) is 0 Å². The van der Waals surface area contributed by atoms with Crippen molar-refractivity contribution < 1.29 is 0 Å². The average Bonchev–Trinajstić information content (AvgIpc) is 2.17. The number of nitrogens with zero attached hydrogens (tertiary/aromatic N) is 1. The Balaban J connectivity index is 2.47. The lowest BCUT2D eigenvalue weighted by atomic mass is 9.77. The summed E-state index contributed by atoms with van der Waals surface area (Å²) in [6.45, 7) is 4.54. The summed E-state index contributed by atoms with van der Waals surface area (Å²) in [5.74, 6) is 2.04. The second-order valence-electron chi connectivity index (χ2n) is 4.51. The van der Waals surface area contributed by atoms with Crippen molar-refractivity contribution in [2.24, 2.45) is 5.92 Å². The van der Waals surface area contributed by atoms with Crippen molar-refractivity contribution in [3.8, 4) is 0 Å². The molecule has 1 aromatic rings. The van der Waals surface area contributed by atoms with Crippen LogP contribution in [0, 0.1) is 5.92 Å². The Bertz CT molecular complexity index is 331. The van der Waals surface area contributed by atoms with E-state index in [1.54, 1.807) is 0 Å². The van der Waals surface area contributed by atoms with Gasteiger partial charge in [-0.05, 0) is 42.7 Å². The molecule has 76 valence electrons. The van der Waals surface area contributed by atoms with E-state index in [4.69, 9.17) is 5.73 Å². The molecule has 0 spiro atoms. The minimum absolute atomic E-state index is 0.618. The molecule has 1 aliphatic rings. The number of hydrogen-bond acceptors (Lipinski definition) is 2. The van der Waals surface area contributed by atoms with Crippen LogP contribution >= 0.6 is 0 Å². The molecule has 0 aliphatic heterocycles. The molecule has 14 heavy (non-hydrogen) atoms. The van der Waals surface area contributed by atoms with Gasteiger partial charge in [0.1, 0.15) is 5.82 Å². The molecule has 2 nitrogen and oxygen atoms in total. The first kappa shape index (κ1) is 9.50. The Morgan fingerprint density at radius 1 is 1.50 bits per heavy atom. The van der Waals surface area contributed by atoms with Gasteiger partial charge in [-0.1, -0.05) is 13.8 Å². The molecule has 0 saturated carbocycles. The van der Waals surface area contributed by atoms with Gasteiger partial charge in [0.25, 0.3) is 0 Å². The molecule has 0 radical (unpaired) electrons. The molecule has 1 heterocycles. The minimum Gasteiger partial charge on any atom is -0.383 e. The fraction of sp³-hybridized carbons (Fsp3) is 0.583. The Morgan fingerprint density at radius 2 is 2.29 bits per heavy atom. The van der Waals surface area contributed by atoms with Crippen LogP contribution in [0.5, 0.6) is 0 Å². The lowest BCUT2D eigenvalue weighted by molar-refractivity contribution is 0.434. The van der Waals surface area contributed by atoms with Crippen LogP contribution in [-0.4, -0.2) is 4.98 Å². The van der Waals surface area contributed by atoms with E-state index in [-0.39, 0.29) is 0 Å². The Morgan fingerprint density at radius 3 is 3.00 bits per heavy atom. The maximum Gasteiger partial charge on any atom is 0.127 e. The first-order chi connectivity index (χ1) is 6.70. The third-order valence-electron chi connectivity index (χ3n) is 3.25. The quantitative estimate of drug-likeness (QED) is 0.739. The standard InChI is InChI=1S/C12H18N2/c1-8(2)10-5-3-4-9-6-7-14-12(13)11(9)10/h6-8,10H,3-5H2,1-2H3,(H2,13,14). The summed E-state index contributed by atoms with van der Waals surface area (Å²) in [5.41, 5.74) is 8.70. The molecule has 0 bridgehead atoms. The van der Waals surface area contributed by atoms with Crippen molar-refractivity contribution in [3.63, 3.8) is 0 Å². The van der Waals surface area contributed by atoms with E-state index in [1.807, 2.05) is 6.20 Å². The average molecular weight is 190 g/mol. The Hall–Kier alpha value is -1.05. The monoisotopic (exact) mass is 190 g/mol. The van der Waals surface area contributed by atoms with E-state index in [0.29, 0.717) is 11.8 Å². The Kier molecular flexibility index (Phi) is 2.44. The molecule has 1 unspecified atom stereocenters. The summed E-state index contributed by atoms with van der Waals surface area (Å²) in [7, 11) is 0. The van der Waals surface area contributed by atoms with Gasteiger partial charge in [0.2, 0.25) is 0 Å². The van der Waals surface area contributed by atoms with Crippen molar-refractivity contribution in [3.05, 3.63) is 23.4 Å². The number of nitrogens with two attached hydrogens (primary N) is 1. The van der Waals surface area contributed by atoms with Gasteiger partial charge in [-0.25, -0.2) is 4.98 Å². The molecule has 1 aliphatic carbocycles. The molecule has 0 aromatic carbocycles. The number of anilines is 1. The van der Waals surface area contributed by atoms with Crippen molar-refractivity contribution in [1.82, 2.24) is 4.98 Å². The molecule has 1 atom stereocenters. The highest BCUT2D eigenvalue weighted by atomic mass is 14.8. The highest BCUT2D eigenvalue weighted by molar-refractivity contribution is 5.48. The molecule has 1 aromatic heterocycles. The summed E-state index contributed by atoms with van der Waals surface area (Å²) >= 11 is 0. The number of nitrogen functional groups attached to an aromatic ring is 1. The van der Waals surface area contributed by atoms with Crippen molar-refractivity contribution in [2.75, 3.05) is 5.73 Å². The number of hydrogen-bond donors (Lipinski definition) is 1. The predicted molar refractivity (Wildman–Crippen MR) is 59.2 cm³/mol. The van der Waals surface area contributed by atoms with Gasteiger partial charge < -0.3 is 5.73 Å². The number of rotatable bonds is 1. The third-order valence-corrected chi connectivity index (χ3v) is 3.25. The maximum absolute atomic E-state index is 5.96.